The molecule has 5 nitrogen and oxygen atoms in total. The summed E-state index contributed by atoms with van der Waals surface area (Å²) >= 11 is 6.21. The second kappa shape index (κ2) is 9.27. The van der Waals surface area contributed by atoms with Crippen molar-refractivity contribution in [2.45, 2.75) is 38.7 Å². The molecule has 4 rings (SSSR count). The number of carboxylic acids is 1. The lowest BCUT2D eigenvalue weighted by Gasteiger charge is -2.40. The zero-order valence-electron chi connectivity index (χ0n) is 17.0. The number of aliphatic hydroxyl groups excluding tert-OH is 1. The van der Waals surface area contributed by atoms with E-state index in [4.69, 9.17) is 16.3 Å². The van der Waals surface area contributed by atoms with Gasteiger partial charge in [0.05, 0.1) is 11.3 Å². The highest BCUT2D eigenvalue weighted by molar-refractivity contribution is 6.30. The van der Waals surface area contributed by atoms with Gasteiger partial charge in [-0.3, -0.25) is 0 Å². The van der Waals surface area contributed by atoms with E-state index in [0.717, 1.165) is 61.5 Å². The van der Waals surface area contributed by atoms with E-state index in [1.807, 2.05) is 18.2 Å². The Bertz CT molecular complexity index is 914. The maximum absolute atomic E-state index is 11.6. The zero-order chi connectivity index (χ0) is 21.1. The van der Waals surface area contributed by atoms with Gasteiger partial charge in [-0.05, 0) is 85.4 Å². The van der Waals surface area contributed by atoms with Crippen LogP contribution in [-0.4, -0.2) is 35.9 Å². The topological polar surface area (TPSA) is 70.0 Å². The minimum atomic E-state index is -0.941. The van der Waals surface area contributed by atoms with Crippen molar-refractivity contribution < 1.29 is 19.7 Å². The van der Waals surface area contributed by atoms with Crippen LogP contribution < -0.4 is 9.64 Å². The Morgan fingerprint density at radius 2 is 1.93 bits per heavy atom. The Morgan fingerprint density at radius 3 is 2.67 bits per heavy atom. The van der Waals surface area contributed by atoms with E-state index in [-0.39, 0.29) is 12.2 Å². The summed E-state index contributed by atoms with van der Waals surface area (Å²) in [5.41, 5.74) is 3.41. The number of carbonyl (C=O) groups is 1. The number of aryl methyl sites for hydroxylation is 1. The predicted molar refractivity (Wildman–Crippen MR) is 118 cm³/mol. The summed E-state index contributed by atoms with van der Waals surface area (Å²) in [6, 6.07) is 11.0. The normalized spacial score (nSPS) is 21.5. The Labute approximate surface area is 182 Å². The van der Waals surface area contributed by atoms with E-state index in [1.54, 1.807) is 18.2 Å². The minimum Gasteiger partial charge on any atom is -0.487 e. The number of halogens is 1. The highest BCUT2D eigenvalue weighted by Crippen LogP contribution is 2.38. The third kappa shape index (κ3) is 4.57. The number of aromatic carboxylic acids is 1. The monoisotopic (exact) mass is 429 g/mol. The SMILES string of the molecule is O=C(O)c1ccc2c(c1)N(C[C@@H]1CC[C@H]1CO)CCCCc1cc(Cl)ccc1CO2. The Morgan fingerprint density at radius 1 is 1.10 bits per heavy atom. The van der Waals surface area contributed by atoms with E-state index in [1.165, 1.54) is 5.56 Å². The van der Waals surface area contributed by atoms with Crippen LogP contribution in [0.5, 0.6) is 5.75 Å². The molecule has 0 spiro atoms. The van der Waals surface area contributed by atoms with Crippen LogP contribution in [0.3, 0.4) is 0 Å². The lowest BCUT2D eigenvalue weighted by atomic mass is 9.74. The molecule has 2 aliphatic rings. The number of aliphatic hydroxyl groups is 1. The van der Waals surface area contributed by atoms with Crippen molar-refractivity contribution in [2.24, 2.45) is 11.8 Å². The number of rotatable bonds is 4. The molecule has 0 unspecified atom stereocenters. The maximum Gasteiger partial charge on any atom is 0.335 e. The van der Waals surface area contributed by atoms with Crippen LogP contribution in [0.1, 0.15) is 47.2 Å². The largest absolute Gasteiger partial charge is 0.487 e. The molecule has 6 heteroatoms. The molecule has 1 aliphatic carbocycles. The average Bonchev–Trinajstić information content (AvgIpc) is 2.74. The number of hydrogen-bond acceptors (Lipinski definition) is 4. The summed E-state index contributed by atoms with van der Waals surface area (Å²) < 4.78 is 6.21. The molecule has 1 saturated carbocycles. The predicted octanol–water partition coefficient (Wildman–Crippen LogP) is 4.78. The number of ether oxygens (including phenoxy) is 1. The lowest BCUT2D eigenvalue weighted by Crippen LogP contribution is -2.40. The highest BCUT2D eigenvalue weighted by atomic mass is 35.5. The summed E-state index contributed by atoms with van der Waals surface area (Å²) in [4.78, 5) is 13.9. The van der Waals surface area contributed by atoms with E-state index in [0.29, 0.717) is 24.2 Å². The van der Waals surface area contributed by atoms with E-state index >= 15 is 0 Å². The van der Waals surface area contributed by atoms with Gasteiger partial charge in [0.2, 0.25) is 0 Å². The summed E-state index contributed by atoms with van der Waals surface area (Å²) in [6.07, 6.45) is 5.10. The molecule has 1 fully saturated rings. The molecule has 30 heavy (non-hydrogen) atoms. The third-order valence-electron chi connectivity index (χ3n) is 6.49. The molecule has 2 aromatic rings. The third-order valence-corrected chi connectivity index (χ3v) is 6.72. The highest BCUT2D eigenvalue weighted by Gasteiger charge is 2.32. The molecule has 0 radical (unpaired) electrons. The number of anilines is 1. The van der Waals surface area contributed by atoms with Crippen LogP contribution in [0.4, 0.5) is 5.69 Å². The first-order valence-electron chi connectivity index (χ1n) is 10.7. The van der Waals surface area contributed by atoms with Crippen LogP contribution in [-0.2, 0) is 13.0 Å². The molecular weight excluding hydrogens is 402 g/mol. The van der Waals surface area contributed by atoms with E-state index in [9.17, 15) is 15.0 Å². The van der Waals surface area contributed by atoms with E-state index in [2.05, 4.69) is 4.90 Å². The van der Waals surface area contributed by atoms with Gasteiger partial charge in [0.15, 0.2) is 0 Å². The molecule has 1 aliphatic heterocycles. The number of benzene rings is 2. The fraction of sp³-hybridized carbons (Fsp3) is 0.458. The van der Waals surface area contributed by atoms with Gasteiger partial charge in [0.1, 0.15) is 12.4 Å². The van der Waals surface area contributed by atoms with Crippen molar-refractivity contribution >= 4 is 23.3 Å². The van der Waals surface area contributed by atoms with Crippen molar-refractivity contribution in [2.75, 3.05) is 24.6 Å². The van der Waals surface area contributed by atoms with Gasteiger partial charge in [-0.1, -0.05) is 17.7 Å². The minimum absolute atomic E-state index is 0.215. The molecule has 2 aromatic carbocycles. The smallest absolute Gasteiger partial charge is 0.335 e. The Kier molecular flexibility index (Phi) is 6.49. The van der Waals surface area contributed by atoms with E-state index < -0.39 is 5.97 Å². The lowest BCUT2D eigenvalue weighted by molar-refractivity contribution is 0.0697. The van der Waals surface area contributed by atoms with Gasteiger partial charge in [-0.15, -0.1) is 0 Å². The number of carboxylic acid groups (broad SMARTS) is 1. The quantitative estimate of drug-likeness (QED) is 0.732. The van der Waals surface area contributed by atoms with Crippen LogP contribution in [0.15, 0.2) is 36.4 Å². The first-order chi connectivity index (χ1) is 14.5. The van der Waals surface area contributed by atoms with Crippen molar-refractivity contribution in [1.29, 1.82) is 0 Å². The molecule has 1 heterocycles. The molecule has 2 N–H and O–H groups in total. The molecule has 0 aromatic heterocycles. The first kappa shape index (κ1) is 21.0. The fourth-order valence-electron chi connectivity index (χ4n) is 4.47. The summed E-state index contributed by atoms with van der Waals surface area (Å²) in [6.45, 7) is 2.27. The number of hydrogen-bond donors (Lipinski definition) is 2. The summed E-state index contributed by atoms with van der Waals surface area (Å²) in [7, 11) is 0. The van der Waals surface area contributed by atoms with Gasteiger partial charge in [-0.25, -0.2) is 4.79 Å². The summed E-state index contributed by atoms with van der Waals surface area (Å²) in [5, 5.41) is 19.9. The first-order valence-corrected chi connectivity index (χ1v) is 11.1. The van der Waals surface area contributed by atoms with Crippen molar-refractivity contribution in [3.05, 3.63) is 58.1 Å². The Balaban J connectivity index is 1.66. The number of nitrogens with zero attached hydrogens (tertiary/aromatic N) is 1. The fourth-order valence-corrected chi connectivity index (χ4v) is 4.67. The second-order valence-corrected chi connectivity index (χ2v) is 8.81. The van der Waals surface area contributed by atoms with Crippen LogP contribution >= 0.6 is 11.6 Å². The second-order valence-electron chi connectivity index (χ2n) is 8.37. The summed E-state index contributed by atoms with van der Waals surface area (Å²) in [5.74, 6) is 0.519. The molecular formula is C24H28ClNO4. The standard InChI is InChI=1S/C24H28ClNO4/c25-21-8-6-20-15-30-23-9-7-17(24(28)29)12-22(23)26(10-2-1-3-16(20)11-21)13-18-4-5-19(18)14-27/h6-9,11-12,18-19,27H,1-5,10,13-15H2,(H,28,29)/t18-,19-/m0/s1. The van der Waals surface area contributed by atoms with Crippen LogP contribution in [0.2, 0.25) is 5.02 Å². The molecule has 160 valence electrons. The average molecular weight is 430 g/mol. The van der Waals surface area contributed by atoms with Gasteiger partial charge in [0.25, 0.3) is 0 Å². The van der Waals surface area contributed by atoms with Crippen molar-refractivity contribution in [1.82, 2.24) is 0 Å². The van der Waals surface area contributed by atoms with Crippen LogP contribution in [0.25, 0.3) is 0 Å². The van der Waals surface area contributed by atoms with Gasteiger partial charge in [0, 0.05) is 24.7 Å². The zero-order valence-corrected chi connectivity index (χ0v) is 17.8. The van der Waals surface area contributed by atoms with Crippen molar-refractivity contribution in [3.63, 3.8) is 0 Å². The van der Waals surface area contributed by atoms with Gasteiger partial charge < -0.3 is 19.8 Å². The molecule has 0 amide bonds. The molecule has 0 saturated heterocycles. The van der Waals surface area contributed by atoms with Gasteiger partial charge >= 0.3 is 5.97 Å². The molecule has 0 bridgehead atoms. The van der Waals surface area contributed by atoms with Gasteiger partial charge in [-0.2, -0.15) is 0 Å². The van der Waals surface area contributed by atoms with Crippen molar-refractivity contribution in [3.8, 4) is 5.75 Å². The Hall–Kier alpha value is -2.24. The number of fused-ring (bicyclic) bond motifs is 2. The molecule has 2 atom stereocenters. The maximum atomic E-state index is 11.6. The van der Waals surface area contributed by atoms with Crippen LogP contribution in [0, 0.1) is 11.8 Å².